The largest absolute Gasteiger partial charge is 0.481 e. The Balaban J connectivity index is 1.97. The molecule has 24 heavy (non-hydrogen) atoms. The van der Waals surface area contributed by atoms with Crippen molar-refractivity contribution in [3.8, 4) is 5.75 Å². The molecule has 0 heterocycles. The number of carbonyl (C=O) groups is 2. The van der Waals surface area contributed by atoms with Gasteiger partial charge in [-0.2, -0.15) is 0 Å². The third-order valence-corrected chi connectivity index (χ3v) is 3.96. The van der Waals surface area contributed by atoms with Crippen LogP contribution in [0.1, 0.15) is 48.3 Å². The number of hydrogen-bond donors (Lipinski definition) is 1. The van der Waals surface area contributed by atoms with Gasteiger partial charge in [0.2, 0.25) is 0 Å². The Morgan fingerprint density at radius 1 is 1.00 bits per heavy atom. The van der Waals surface area contributed by atoms with E-state index in [0.717, 1.165) is 11.1 Å². The molecular formula is C20H23NO3. The van der Waals surface area contributed by atoms with E-state index in [0.29, 0.717) is 11.3 Å². The zero-order valence-electron chi connectivity index (χ0n) is 14.5. The fourth-order valence-electron chi connectivity index (χ4n) is 2.51. The van der Waals surface area contributed by atoms with Crippen LogP contribution < -0.4 is 10.1 Å². The van der Waals surface area contributed by atoms with Crippen molar-refractivity contribution in [1.82, 2.24) is 5.32 Å². The highest BCUT2D eigenvalue weighted by atomic mass is 16.5. The first-order valence-corrected chi connectivity index (χ1v) is 8.02. The molecule has 0 aromatic heterocycles. The number of Topliss-reactive ketones (excluding diaryl/α,β-unsaturated/α-hetero) is 1. The maximum Gasteiger partial charge on any atom is 0.261 e. The highest BCUT2D eigenvalue weighted by molar-refractivity contribution is 5.94. The van der Waals surface area contributed by atoms with Crippen molar-refractivity contribution in [2.24, 2.45) is 0 Å². The standard InChI is InChI=1S/C20H23NO3/c1-13-7-5-6-8-19(13)14(2)21-20(23)16(4)24-18-11-9-17(10-12-18)15(3)22/h5-12,14,16H,1-4H3,(H,21,23). The Labute approximate surface area is 142 Å². The van der Waals surface area contributed by atoms with Crippen LogP contribution in [0.2, 0.25) is 0 Å². The summed E-state index contributed by atoms with van der Waals surface area (Å²) in [5, 5.41) is 2.97. The number of rotatable bonds is 6. The first kappa shape index (κ1) is 17.7. The summed E-state index contributed by atoms with van der Waals surface area (Å²) in [7, 11) is 0. The molecule has 2 unspecified atom stereocenters. The number of ketones is 1. The topological polar surface area (TPSA) is 55.4 Å². The zero-order chi connectivity index (χ0) is 17.7. The lowest BCUT2D eigenvalue weighted by Gasteiger charge is -2.20. The molecule has 0 fully saturated rings. The second-order valence-corrected chi connectivity index (χ2v) is 5.93. The fourth-order valence-corrected chi connectivity index (χ4v) is 2.51. The minimum Gasteiger partial charge on any atom is -0.481 e. The Hall–Kier alpha value is -2.62. The third kappa shape index (κ3) is 4.44. The Kier molecular flexibility index (Phi) is 5.74. The van der Waals surface area contributed by atoms with Gasteiger partial charge in [-0.25, -0.2) is 0 Å². The van der Waals surface area contributed by atoms with Crippen LogP contribution in [0.4, 0.5) is 0 Å². The maximum atomic E-state index is 12.3. The molecule has 2 aromatic carbocycles. The molecule has 1 N–H and O–H groups in total. The molecule has 0 aliphatic carbocycles. The highest BCUT2D eigenvalue weighted by Crippen LogP contribution is 2.18. The number of amides is 1. The summed E-state index contributed by atoms with van der Waals surface area (Å²) in [4.78, 5) is 23.6. The van der Waals surface area contributed by atoms with E-state index in [1.165, 1.54) is 6.92 Å². The molecule has 1 amide bonds. The van der Waals surface area contributed by atoms with E-state index in [4.69, 9.17) is 4.74 Å². The predicted octanol–water partition coefficient (Wildman–Crippen LogP) is 3.84. The van der Waals surface area contributed by atoms with Crippen molar-refractivity contribution in [2.45, 2.75) is 39.8 Å². The van der Waals surface area contributed by atoms with E-state index in [1.54, 1.807) is 31.2 Å². The maximum absolute atomic E-state index is 12.3. The summed E-state index contributed by atoms with van der Waals surface area (Å²) in [6, 6.07) is 14.7. The van der Waals surface area contributed by atoms with E-state index in [-0.39, 0.29) is 17.7 Å². The minimum atomic E-state index is -0.625. The van der Waals surface area contributed by atoms with Crippen molar-refractivity contribution < 1.29 is 14.3 Å². The number of nitrogens with one attached hydrogen (secondary N) is 1. The molecule has 0 radical (unpaired) electrons. The van der Waals surface area contributed by atoms with Crippen LogP contribution in [0, 0.1) is 6.92 Å². The Morgan fingerprint density at radius 2 is 1.62 bits per heavy atom. The summed E-state index contributed by atoms with van der Waals surface area (Å²) >= 11 is 0. The molecule has 4 nitrogen and oxygen atoms in total. The van der Waals surface area contributed by atoms with E-state index in [9.17, 15) is 9.59 Å². The van der Waals surface area contributed by atoms with E-state index >= 15 is 0 Å². The monoisotopic (exact) mass is 325 g/mol. The van der Waals surface area contributed by atoms with Crippen molar-refractivity contribution in [3.63, 3.8) is 0 Å². The third-order valence-electron chi connectivity index (χ3n) is 3.96. The first-order chi connectivity index (χ1) is 11.4. The van der Waals surface area contributed by atoms with Gasteiger partial charge < -0.3 is 10.1 Å². The molecule has 2 rings (SSSR count). The van der Waals surface area contributed by atoms with Gasteiger partial charge in [0, 0.05) is 5.56 Å². The summed E-state index contributed by atoms with van der Waals surface area (Å²) in [5.41, 5.74) is 2.84. The molecule has 0 saturated carbocycles. The van der Waals surface area contributed by atoms with Gasteiger partial charge in [-0.15, -0.1) is 0 Å². The van der Waals surface area contributed by atoms with Crippen molar-refractivity contribution >= 4 is 11.7 Å². The predicted molar refractivity (Wildman–Crippen MR) is 94.3 cm³/mol. The average molecular weight is 325 g/mol. The van der Waals surface area contributed by atoms with Crippen LogP contribution in [0.5, 0.6) is 5.75 Å². The lowest BCUT2D eigenvalue weighted by Crippen LogP contribution is -2.37. The van der Waals surface area contributed by atoms with Crippen molar-refractivity contribution in [1.29, 1.82) is 0 Å². The average Bonchev–Trinajstić information content (AvgIpc) is 2.55. The van der Waals surface area contributed by atoms with Gasteiger partial charge >= 0.3 is 0 Å². The van der Waals surface area contributed by atoms with E-state index in [1.807, 2.05) is 38.1 Å². The molecule has 0 aliphatic heterocycles. The molecule has 126 valence electrons. The Morgan fingerprint density at radius 3 is 2.21 bits per heavy atom. The minimum absolute atomic E-state index is 0.000558. The summed E-state index contributed by atoms with van der Waals surface area (Å²) < 4.78 is 5.65. The van der Waals surface area contributed by atoms with Crippen LogP contribution in [0.3, 0.4) is 0 Å². The number of ether oxygens (including phenoxy) is 1. The zero-order valence-corrected chi connectivity index (χ0v) is 14.5. The number of hydrogen-bond acceptors (Lipinski definition) is 3. The fraction of sp³-hybridized carbons (Fsp3) is 0.300. The number of aryl methyl sites for hydroxylation is 1. The molecule has 0 aliphatic rings. The number of benzene rings is 2. The van der Waals surface area contributed by atoms with E-state index < -0.39 is 6.10 Å². The van der Waals surface area contributed by atoms with Gasteiger partial charge in [0.05, 0.1) is 6.04 Å². The Bertz CT molecular complexity index is 722. The summed E-state index contributed by atoms with van der Waals surface area (Å²) in [6.07, 6.45) is -0.625. The van der Waals surface area contributed by atoms with Crippen LogP contribution in [0.15, 0.2) is 48.5 Å². The smallest absolute Gasteiger partial charge is 0.261 e. The van der Waals surface area contributed by atoms with Gasteiger partial charge in [-0.3, -0.25) is 9.59 Å². The molecule has 2 atom stereocenters. The lowest BCUT2D eigenvalue weighted by molar-refractivity contribution is -0.127. The second-order valence-electron chi connectivity index (χ2n) is 5.93. The SMILES string of the molecule is CC(=O)c1ccc(OC(C)C(=O)NC(C)c2ccccc2C)cc1. The van der Waals surface area contributed by atoms with Crippen LogP contribution in [-0.2, 0) is 4.79 Å². The molecule has 0 spiro atoms. The van der Waals surface area contributed by atoms with Crippen LogP contribution >= 0.6 is 0 Å². The second kappa shape index (κ2) is 7.77. The van der Waals surface area contributed by atoms with Crippen molar-refractivity contribution in [2.75, 3.05) is 0 Å². The summed E-state index contributed by atoms with van der Waals surface area (Å²) in [5.74, 6) is 0.381. The molecule has 0 bridgehead atoms. The molecule has 4 heteroatoms. The van der Waals surface area contributed by atoms with Gasteiger partial charge in [0.15, 0.2) is 11.9 Å². The molecular weight excluding hydrogens is 302 g/mol. The summed E-state index contributed by atoms with van der Waals surface area (Å²) in [6.45, 7) is 7.20. The lowest BCUT2D eigenvalue weighted by atomic mass is 10.0. The van der Waals surface area contributed by atoms with Crippen LogP contribution in [0.25, 0.3) is 0 Å². The van der Waals surface area contributed by atoms with Gasteiger partial charge in [0.1, 0.15) is 5.75 Å². The normalized spacial score (nSPS) is 13.0. The van der Waals surface area contributed by atoms with Gasteiger partial charge in [-0.1, -0.05) is 24.3 Å². The number of carbonyl (C=O) groups excluding carboxylic acids is 2. The van der Waals surface area contributed by atoms with Crippen LogP contribution in [-0.4, -0.2) is 17.8 Å². The first-order valence-electron chi connectivity index (χ1n) is 8.02. The molecule has 2 aromatic rings. The van der Waals surface area contributed by atoms with Gasteiger partial charge in [-0.05, 0) is 63.1 Å². The quantitative estimate of drug-likeness (QED) is 0.821. The van der Waals surface area contributed by atoms with E-state index in [2.05, 4.69) is 5.32 Å². The van der Waals surface area contributed by atoms with Crippen molar-refractivity contribution in [3.05, 3.63) is 65.2 Å². The van der Waals surface area contributed by atoms with Gasteiger partial charge in [0.25, 0.3) is 5.91 Å². The highest BCUT2D eigenvalue weighted by Gasteiger charge is 2.18. The molecule has 0 saturated heterocycles.